The first-order chi connectivity index (χ1) is 13.0. The lowest BCUT2D eigenvalue weighted by Crippen LogP contribution is -2.32. The smallest absolute Gasteiger partial charge is 0.338 e. The second-order valence-electron chi connectivity index (χ2n) is 6.37. The molecule has 0 spiro atoms. The summed E-state index contributed by atoms with van der Waals surface area (Å²) in [6.07, 6.45) is 0.358. The van der Waals surface area contributed by atoms with Gasteiger partial charge in [0.1, 0.15) is 5.76 Å². The number of nitrogens with zero attached hydrogens (tertiary/aromatic N) is 3. The van der Waals surface area contributed by atoms with E-state index in [0.717, 1.165) is 24.4 Å². The molecule has 27 heavy (non-hydrogen) atoms. The van der Waals surface area contributed by atoms with Gasteiger partial charge in [0.25, 0.3) is 5.91 Å². The molecule has 2 aromatic rings. The average molecular weight is 370 g/mol. The maximum atomic E-state index is 12.4. The van der Waals surface area contributed by atoms with Gasteiger partial charge in [0.2, 0.25) is 0 Å². The number of aryl methyl sites for hydroxylation is 1. The predicted octanol–water partition coefficient (Wildman–Crippen LogP) is 3.14. The molecule has 1 aromatic heterocycles. The zero-order valence-electron chi connectivity index (χ0n) is 15.6. The van der Waals surface area contributed by atoms with Gasteiger partial charge in [-0.25, -0.2) is 4.79 Å². The lowest BCUT2D eigenvalue weighted by atomic mass is 10.2. The number of hydrazone groups is 1. The van der Waals surface area contributed by atoms with Gasteiger partial charge in [0.05, 0.1) is 11.3 Å². The molecule has 0 fully saturated rings. The number of aromatic nitrogens is 1. The number of carbonyl (C=O) groups is 2. The van der Waals surface area contributed by atoms with E-state index in [1.165, 1.54) is 0 Å². The lowest BCUT2D eigenvalue weighted by Gasteiger charge is -2.16. The van der Waals surface area contributed by atoms with Gasteiger partial charge in [-0.05, 0) is 44.5 Å². The fraction of sp³-hybridized carbons (Fsp3) is 0.368. The van der Waals surface area contributed by atoms with Crippen LogP contribution in [-0.4, -0.2) is 35.4 Å². The number of amides is 1. The summed E-state index contributed by atoms with van der Waals surface area (Å²) in [7, 11) is 0. The number of esters is 1. The van der Waals surface area contributed by atoms with Crippen molar-refractivity contribution in [2.75, 3.05) is 16.9 Å². The van der Waals surface area contributed by atoms with Crippen LogP contribution in [0.2, 0.25) is 0 Å². The Bertz CT molecular complexity index is 857. The second-order valence-corrected chi connectivity index (χ2v) is 6.37. The largest absolute Gasteiger partial charge is 0.449 e. The monoisotopic (exact) mass is 370 g/mol. The lowest BCUT2D eigenvalue weighted by molar-refractivity contribution is -0.124. The van der Waals surface area contributed by atoms with Crippen LogP contribution in [0.3, 0.4) is 0 Å². The molecule has 0 saturated carbocycles. The van der Waals surface area contributed by atoms with Crippen molar-refractivity contribution in [1.29, 1.82) is 0 Å². The van der Waals surface area contributed by atoms with Crippen molar-refractivity contribution in [2.45, 2.75) is 39.7 Å². The van der Waals surface area contributed by atoms with Gasteiger partial charge in [-0.2, -0.15) is 5.10 Å². The molecule has 0 unspecified atom stereocenters. The molecular weight excluding hydrogens is 348 g/mol. The number of hydrogen-bond acceptors (Lipinski definition) is 7. The molecule has 1 aromatic carbocycles. The minimum atomic E-state index is -0.917. The SMILES string of the molecule is CC[C@@H](OC(=O)c1ccc(N2CCC(C)=N2)cc1)C(=O)Nc1cc(C)on1. The van der Waals surface area contributed by atoms with Gasteiger partial charge in [-0.1, -0.05) is 12.1 Å². The highest BCUT2D eigenvalue weighted by molar-refractivity contribution is 5.97. The quantitative estimate of drug-likeness (QED) is 0.785. The van der Waals surface area contributed by atoms with E-state index in [1.807, 2.05) is 24.1 Å². The highest BCUT2D eigenvalue weighted by atomic mass is 16.5. The summed E-state index contributed by atoms with van der Waals surface area (Å²) in [5, 5.41) is 12.6. The number of anilines is 2. The molecule has 1 atom stereocenters. The van der Waals surface area contributed by atoms with Crippen molar-refractivity contribution in [2.24, 2.45) is 5.10 Å². The minimum absolute atomic E-state index is 0.290. The predicted molar refractivity (Wildman–Crippen MR) is 101 cm³/mol. The van der Waals surface area contributed by atoms with Crippen LogP contribution in [0.4, 0.5) is 11.5 Å². The number of nitrogens with one attached hydrogen (secondary N) is 1. The van der Waals surface area contributed by atoms with E-state index in [2.05, 4.69) is 15.6 Å². The van der Waals surface area contributed by atoms with Gasteiger partial charge >= 0.3 is 5.97 Å². The third kappa shape index (κ3) is 4.52. The van der Waals surface area contributed by atoms with Crippen LogP contribution in [-0.2, 0) is 9.53 Å². The fourth-order valence-electron chi connectivity index (χ4n) is 2.68. The minimum Gasteiger partial charge on any atom is -0.449 e. The van der Waals surface area contributed by atoms with E-state index >= 15 is 0 Å². The van der Waals surface area contributed by atoms with Crippen molar-refractivity contribution in [3.05, 3.63) is 41.7 Å². The Balaban J connectivity index is 1.61. The fourth-order valence-corrected chi connectivity index (χ4v) is 2.68. The molecular formula is C19H22N4O4. The molecule has 1 N–H and O–H groups in total. The van der Waals surface area contributed by atoms with Crippen LogP contribution in [0, 0.1) is 6.92 Å². The Hall–Kier alpha value is -3.16. The van der Waals surface area contributed by atoms with Crippen molar-refractivity contribution >= 4 is 29.1 Å². The molecule has 2 heterocycles. The summed E-state index contributed by atoms with van der Waals surface area (Å²) in [5.74, 6) is -0.135. The molecule has 1 aliphatic rings. The highest BCUT2D eigenvalue weighted by Gasteiger charge is 2.23. The Morgan fingerprint density at radius 3 is 2.59 bits per heavy atom. The maximum absolute atomic E-state index is 12.4. The average Bonchev–Trinajstić information content (AvgIpc) is 3.27. The molecule has 0 bridgehead atoms. The third-order valence-corrected chi connectivity index (χ3v) is 4.17. The van der Waals surface area contributed by atoms with Gasteiger partial charge < -0.3 is 14.6 Å². The van der Waals surface area contributed by atoms with E-state index in [9.17, 15) is 9.59 Å². The topological polar surface area (TPSA) is 97.0 Å². The molecule has 3 rings (SSSR count). The summed E-state index contributed by atoms with van der Waals surface area (Å²) in [6.45, 7) is 6.30. The summed E-state index contributed by atoms with van der Waals surface area (Å²) in [6, 6.07) is 8.57. The Kier molecular flexibility index (Phi) is 5.54. The zero-order valence-corrected chi connectivity index (χ0v) is 15.6. The molecule has 1 aliphatic heterocycles. The number of rotatable bonds is 6. The van der Waals surface area contributed by atoms with Crippen LogP contribution in [0.5, 0.6) is 0 Å². The van der Waals surface area contributed by atoms with E-state index in [4.69, 9.17) is 9.26 Å². The van der Waals surface area contributed by atoms with Crippen molar-refractivity contribution in [3.8, 4) is 0 Å². The number of ether oxygens (including phenoxy) is 1. The standard InChI is InChI=1S/C19H22N4O4/c1-4-16(18(24)20-17-11-13(3)27-22-17)26-19(25)14-5-7-15(8-6-14)23-10-9-12(2)21-23/h5-8,11,16H,4,9-10H2,1-3H3,(H,20,22,24)/t16-/m1/s1. The van der Waals surface area contributed by atoms with Crippen molar-refractivity contribution in [3.63, 3.8) is 0 Å². The first-order valence-electron chi connectivity index (χ1n) is 8.83. The first-order valence-corrected chi connectivity index (χ1v) is 8.83. The van der Waals surface area contributed by atoms with Gasteiger partial charge in [0.15, 0.2) is 11.9 Å². The number of hydrogen-bond donors (Lipinski definition) is 1. The highest BCUT2D eigenvalue weighted by Crippen LogP contribution is 2.20. The van der Waals surface area contributed by atoms with Crippen LogP contribution in [0.15, 0.2) is 40.0 Å². The Morgan fingerprint density at radius 2 is 2.04 bits per heavy atom. The summed E-state index contributed by atoms with van der Waals surface area (Å²) >= 11 is 0. The molecule has 1 amide bonds. The molecule has 0 aliphatic carbocycles. The van der Waals surface area contributed by atoms with Crippen molar-refractivity contribution in [1.82, 2.24) is 5.16 Å². The van der Waals surface area contributed by atoms with Gasteiger partial charge in [0, 0.05) is 24.7 Å². The van der Waals surface area contributed by atoms with E-state index in [0.29, 0.717) is 17.7 Å². The van der Waals surface area contributed by atoms with Gasteiger partial charge in [-0.15, -0.1) is 0 Å². The van der Waals surface area contributed by atoms with Crippen LogP contribution >= 0.6 is 0 Å². The first kappa shape index (κ1) is 18.6. The zero-order chi connectivity index (χ0) is 19.4. The molecule has 0 saturated heterocycles. The van der Waals surface area contributed by atoms with E-state index < -0.39 is 18.0 Å². The Morgan fingerprint density at radius 1 is 1.30 bits per heavy atom. The maximum Gasteiger partial charge on any atom is 0.338 e. The Labute approximate surface area is 157 Å². The number of benzene rings is 1. The summed E-state index contributed by atoms with van der Waals surface area (Å²) < 4.78 is 10.3. The second kappa shape index (κ2) is 8.03. The van der Waals surface area contributed by atoms with Crippen LogP contribution in [0.1, 0.15) is 42.8 Å². The van der Waals surface area contributed by atoms with Crippen molar-refractivity contribution < 1.29 is 18.8 Å². The molecule has 8 heteroatoms. The number of carbonyl (C=O) groups excluding carboxylic acids is 2. The normalized spacial score (nSPS) is 14.6. The molecule has 8 nitrogen and oxygen atoms in total. The van der Waals surface area contributed by atoms with Gasteiger partial charge in [-0.3, -0.25) is 9.80 Å². The summed E-state index contributed by atoms with van der Waals surface area (Å²) in [5.41, 5.74) is 2.37. The third-order valence-electron chi connectivity index (χ3n) is 4.17. The summed E-state index contributed by atoms with van der Waals surface area (Å²) in [4.78, 5) is 24.7. The molecule has 142 valence electrons. The molecule has 0 radical (unpaired) electrons. The van der Waals surface area contributed by atoms with E-state index in [-0.39, 0.29) is 5.82 Å². The van der Waals surface area contributed by atoms with E-state index in [1.54, 1.807) is 32.0 Å². The van der Waals surface area contributed by atoms with Crippen LogP contribution < -0.4 is 10.3 Å². The van der Waals surface area contributed by atoms with Crippen LogP contribution in [0.25, 0.3) is 0 Å².